The quantitative estimate of drug-likeness (QED) is 0.205. The molecular weight excluding hydrogens is 646 g/mol. The molecule has 0 unspecified atom stereocenters. The number of ether oxygens (including phenoxy) is 2. The number of fused-ring (bicyclic) bond motifs is 5. The first kappa shape index (κ1) is 21.9. The van der Waals surface area contributed by atoms with Gasteiger partial charge in [0.2, 0.25) is 0 Å². The van der Waals surface area contributed by atoms with Crippen molar-refractivity contribution >= 4 is 67.5 Å². The van der Waals surface area contributed by atoms with Crippen molar-refractivity contribution in [3.05, 3.63) is 125 Å². The highest BCUT2D eigenvalue weighted by molar-refractivity contribution is 14.1. The topological polar surface area (TPSA) is 18.5 Å². The van der Waals surface area contributed by atoms with Gasteiger partial charge in [0, 0.05) is 0 Å². The second-order valence-corrected chi connectivity index (χ2v) is 10.6. The number of halogens is 2. The monoisotopic (exact) mass is 666 g/mol. The molecule has 0 N–H and O–H groups in total. The first-order valence-corrected chi connectivity index (χ1v) is 13.1. The molecule has 34 heavy (non-hydrogen) atoms. The molecule has 4 aromatic rings. The van der Waals surface area contributed by atoms with E-state index >= 15 is 0 Å². The van der Waals surface area contributed by atoms with E-state index in [-0.39, 0.29) is 0 Å². The molecule has 166 valence electrons. The van der Waals surface area contributed by atoms with Crippen LogP contribution in [0.3, 0.4) is 0 Å². The van der Waals surface area contributed by atoms with Crippen molar-refractivity contribution in [3.8, 4) is 11.5 Å². The summed E-state index contributed by atoms with van der Waals surface area (Å²) in [6.07, 6.45) is 0. The van der Waals surface area contributed by atoms with E-state index in [0.29, 0.717) is 0 Å². The summed E-state index contributed by atoms with van der Waals surface area (Å²) >= 11 is 4.75. The zero-order chi connectivity index (χ0) is 23.4. The lowest BCUT2D eigenvalue weighted by Gasteiger charge is -2.15. The van der Waals surface area contributed by atoms with Crippen molar-refractivity contribution in [3.63, 3.8) is 0 Å². The number of rotatable bonds is 4. The van der Waals surface area contributed by atoms with Gasteiger partial charge >= 0.3 is 0 Å². The fourth-order valence-electron chi connectivity index (χ4n) is 5.11. The Labute approximate surface area is 226 Å². The zero-order valence-electron chi connectivity index (χ0n) is 18.7. The summed E-state index contributed by atoms with van der Waals surface area (Å²) in [7, 11) is 3.49. The van der Waals surface area contributed by atoms with Crippen molar-refractivity contribution < 1.29 is 9.47 Å². The van der Waals surface area contributed by atoms with Gasteiger partial charge in [0.15, 0.2) is 0 Å². The van der Waals surface area contributed by atoms with Crippen LogP contribution in [0.15, 0.2) is 84.9 Å². The normalized spacial score (nSPS) is 13.6. The molecule has 2 aliphatic carbocycles. The van der Waals surface area contributed by atoms with E-state index in [0.717, 1.165) is 18.6 Å². The van der Waals surface area contributed by atoms with Crippen LogP contribution in [0.5, 0.6) is 11.5 Å². The Kier molecular flexibility index (Phi) is 5.53. The molecule has 0 aliphatic heterocycles. The Balaban J connectivity index is 1.80. The second-order valence-electron chi connectivity index (χ2n) is 8.30. The third kappa shape index (κ3) is 3.26. The van der Waals surface area contributed by atoms with E-state index in [1.807, 2.05) is 0 Å². The largest absolute Gasteiger partial charge is 0.496 e. The van der Waals surface area contributed by atoms with Crippen LogP contribution in [-0.2, 0) is 0 Å². The molecule has 2 nitrogen and oxygen atoms in total. The van der Waals surface area contributed by atoms with E-state index < -0.39 is 0 Å². The summed E-state index contributed by atoms with van der Waals surface area (Å²) in [5, 5.41) is 0. The number of methoxy groups -OCH3 is 2. The molecule has 0 bridgehead atoms. The number of benzene rings is 4. The van der Waals surface area contributed by atoms with Crippen LogP contribution in [-0.4, -0.2) is 14.2 Å². The molecule has 4 aromatic carbocycles. The molecule has 6 rings (SSSR count). The van der Waals surface area contributed by atoms with Crippen molar-refractivity contribution in [2.75, 3.05) is 14.2 Å². The number of hydrogen-bond acceptors (Lipinski definition) is 2. The summed E-state index contributed by atoms with van der Waals surface area (Å²) in [6.45, 7) is 0. The van der Waals surface area contributed by atoms with Gasteiger partial charge in [-0.3, -0.25) is 0 Å². The number of allylic oxidation sites excluding steroid dienone is 2. The Bertz CT molecular complexity index is 1400. The smallest absolute Gasteiger partial charge is 0.132 e. The Morgan fingerprint density at radius 3 is 1.18 bits per heavy atom. The molecule has 0 saturated heterocycles. The molecule has 0 spiro atoms. The Morgan fingerprint density at radius 1 is 0.471 bits per heavy atom. The molecular formula is C30H20I2O2. The van der Waals surface area contributed by atoms with E-state index in [4.69, 9.17) is 9.47 Å². The lowest BCUT2D eigenvalue weighted by Crippen LogP contribution is -1.97. The van der Waals surface area contributed by atoms with E-state index in [9.17, 15) is 0 Å². The van der Waals surface area contributed by atoms with Gasteiger partial charge in [0.25, 0.3) is 0 Å². The fourth-order valence-corrected chi connectivity index (χ4v) is 6.49. The molecule has 2 aliphatic rings. The van der Waals surface area contributed by atoms with Gasteiger partial charge in [0.1, 0.15) is 11.5 Å². The maximum Gasteiger partial charge on any atom is 0.132 e. The first-order valence-electron chi connectivity index (χ1n) is 11.0. The summed E-state index contributed by atoms with van der Waals surface area (Å²) in [6, 6.07) is 30.4. The average Bonchev–Trinajstić information content (AvgIpc) is 3.35. The minimum atomic E-state index is 0.899. The van der Waals surface area contributed by atoms with Gasteiger partial charge < -0.3 is 9.47 Å². The van der Waals surface area contributed by atoms with Gasteiger partial charge in [-0.05, 0) is 125 Å². The molecule has 0 radical (unpaired) electrons. The highest BCUT2D eigenvalue weighted by Gasteiger charge is 2.38. The van der Waals surface area contributed by atoms with Crippen molar-refractivity contribution in [2.45, 2.75) is 0 Å². The van der Waals surface area contributed by atoms with Crippen LogP contribution in [0, 0.1) is 7.14 Å². The molecule has 0 aromatic heterocycles. The second kappa shape index (κ2) is 8.57. The Morgan fingerprint density at radius 2 is 0.824 bits per heavy atom. The highest BCUT2D eigenvalue weighted by Crippen LogP contribution is 2.60. The van der Waals surface area contributed by atoms with Crippen LogP contribution >= 0.6 is 45.2 Å². The predicted octanol–water partition coefficient (Wildman–Crippen LogP) is 8.16. The van der Waals surface area contributed by atoms with Gasteiger partial charge in [-0.2, -0.15) is 0 Å². The van der Waals surface area contributed by atoms with Gasteiger partial charge in [-0.1, -0.05) is 60.7 Å². The third-order valence-electron chi connectivity index (χ3n) is 6.54. The van der Waals surface area contributed by atoms with Crippen LogP contribution in [0.25, 0.3) is 22.3 Å². The predicted molar refractivity (Wildman–Crippen MR) is 156 cm³/mol. The van der Waals surface area contributed by atoms with Crippen LogP contribution < -0.4 is 9.47 Å². The average molecular weight is 666 g/mol. The van der Waals surface area contributed by atoms with Gasteiger partial charge in [-0.15, -0.1) is 0 Å². The lowest BCUT2D eigenvalue weighted by molar-refractivity contribution is 0.411. The fraction of sp³-hybridized carbons (Fsp3) is 0.0667. The lowest BCUT2D eigenvalue weighted by atomic mass is 9.92. The van der Waals surface area contributed by atoms with Gasteiger partial charge in [0.05, 0.1) is 21.4 Å². The maximum atomic E-state index is 5.76. The molecule has 0 fully saturated rings. The minimum Gasteiger partial charge on any atom is -0.496 e. The van der Waals surface area contributed by atoms with Crippen molar-refractivity contribution in [2.24, 2.45) is 0 Å². The van der Waals surface area contributed by atoms with Crippen LogP contribution in [0.4, 0.5) is 0 Å². The molecule has 0 heterocycles. The van der Waals surface area contributed by atoms with Crippen molar-refractivity contribution in [1.82, 2.24) is 0 Å². The zero-order valence-corrected chi connectivity index (χ0v) is 23.0. The first-order chi connectivity index (χ1) is 16.6. The molecule has 0 atom stereocenters. The van der Waals surface area contributed by atoms with E-state index in [1.165, 1.54) is 55.7 Å². The van der Waals surface area contributed by atoms with E-state index in [2.05, 4.69) is 130 Å². The maximum absolute atomic E-state index is 5.76. The van der Waals surface area contributed by atoms with Crippen LogP contribution in [0.2, 0.25) is 0 Å². The number of hydrogen-bond donors (Lipinski definition) is 0. The van der Waals surface area contributed by atoms with Crippen molar-refractivity contribution in [1.29, 1.82) is 0 Å². The summed E-state index contributed by atoms with van der Waals surface area (Å²) in [5.74, 6) is 1.80. The third-order valence-corrected chi connectivity index (χ3v) is 8.22. The Hall–Kier alpha value is -2.58. The SMILES string of the molecule is COc1cc2c(cc1I)C(c1ccccc1)=C1C2=C(c2ccccc2)c2cc(I)c(OC)cc21. The van der Waals surface area contributed by atoms with Crippen LogP contribution in [0.1, 0.15) is 33.4 Å². The summed E-state index contributed by atoms with van der Waals surface area (Å²) in [4.78, 5) is 0. The summed E-state index contributed by atoms with van der Waals surface area (Å²) < 4.78 is 13.7. The molecule has 0 saturated carbocycles. The summed E-state index contributed by atoms with van der Waals surface area (Å²) in [5.41, 5.74) is 12.4. The molecule has 4 heteroatoms. The minimum absolute atomic E-state index is 0.899. The highest BCUT2D eigenvalue weighted by atomic mass is 127. The molecule has 0 amide bonds. The standard InChI is InChI=1S/C30H20I2O2/c1-33-25-15-21-19(13-23(25)31)27(17-9-5-3-6-10-17)30-22-16-26(34-2)24(32)14-20(22)28(29(21)30)18-11-7-4-8-12-18/h3-16H,1-2H3. The van der Waals surface area contributed by atoms with Gasteiger partial charge in [-0.25, -0.2) is 0 Å². The van der Waals surface area contributed by atoms with E-state index in [1.54, 1.807) is 14.2 Å².